The number of hydrogen-bond donors (Lipinski definition) is 1. The quantitative estimate of drug-likeness (QED) is 0.907. The number of nitrogens with one attached hydrogen (secondary N) is 1. The first-order chi connectivity index (χ1) is 7.69. The highest BCUT2D eigenvalue weighted by Gasteiger charge is 2.14. The van der Waals surface area contributed by atoms with E-state index in [-0.39, 0.29) is 0 Å². The van der Waals surface area contributed by atoms with Crippen LogP contribution in [0.3, 0.4) is 0 Å². The van der Waals surface area contributed by atoms with Crippen LogP contribution in [-0.4, -0.2) is 11.6 Å². The Labute approximate surface area is 105 Å². The van der Waals surface area contributed by atoms with Crippen LogP contribution in [-0.2, 0) is 6.54 Å². The number of halogens is 1. The first-order valence-corrected chi connectivity index (χ1v) is 6.42. The van der Waals surface area contributed by atoms with Gasteiger partial charge in [0.2, 0.25) is 0 Å². The van der Waals surface area contributed by atoms with E-state index in [1.165, 1.54) is 20.9 Å². The molecule has 0 saturated heterocycles. The van der Waals surface area contributed by atoms with E-state index >= 15 is 0 Å². The van der Waals surface area contributed by atoms with Crippen molar-refractivity contribution in [2.24, 2.45) is 0 Å². The molecule has 0 aliphatic carbocycles. The Balaban J connectivity index is 2.74. The van der Waals surface area contributed by atoms with Crippen molar-refractivity contribution in [1.82, 2.24) is 9.88 Å². The molecule has 2 nitrogen and oxygen atoms in total. The zero-order valence-corrected chi connectivity index (χ0v) is 11.5. The van der Waals surface area contributed by atoms with Gasteiger partial charge in [-0.3, -0.25) is 0 Å². The first kappa shape index (κ1) is 11.7. The molecule has 2 aromatic rings. The molecule has 1 heterocycles. The van der Waals surface area contributed by atoms with Crippen LogP contribution in [0.15, 0.2) is 28.9 Å². The number of nitrogens with zero attached hydrogens (tertiary/aromatic N) is 1. The lowest BCUT2D eigenvalue weighted by Gasteiger charge is -2.09. The molecule has 1 N–H and O–H groups in total. The van der Waals surface area contributed by atoms with Gasteiger partial charge in [-0.1, -0.05) is 22.0 Å². The summed E-state index contributed by atoms with van der Waals surface area (Å²) in [5, 5.41) is 4.63. The third kappa shape index (κ3) is 1.78. The molecule has 2 rings (SSSR count). The minimum Gasteiger partial charge on any atom is -0.347 e. The summed E-state index contributed by atoms with van der Waals surface area (Å²) >= 11 is 3.65. The highest BCUT2D eigenvalue weighted by atomic mass is 79.9. The van der Waals surface area contributed by atoms with E-state index in [9.17, 15) is 0 Å². The Morgan fingerprint density at radius 1 is 1.44 bits per heavy atom. The van der Waals surface area contributed by atoms with Crippen molar-refractivity contribution >= 4 is 26.8 Å². The number of aryl methyl sites for hydroxylation is 1. The second-order valence-corrected chi connectivity index (χ2v) is 4.87. The van der Waals surface area contributed by atoms with Crippen LogP contribution in [0.5, 0.6) is 0 Å². The molecule has 1 unspecified atom stereocenters. The lowest BCUT2D eigenvalue weighted by Crippen LogP contribution is -2.11. The number of rotatable bonds is 3. The van der Waals surface area contributed by atoms with Gasteiger partial charge in [0, 0.05) is 34.2 Å². The number of benzene rings is 1. The second kappa shape index (κ2) is 4.60. The topological polar surface area (TPSA) is 17.0 Å². The first-order valence-electron chi connectivity index (χ1n) is 5.63. The molecular formula is C13H17BrN2. The predicted octanol–water partition coefficient (Wildman–Crippen LogP) is 3.70. The van der Waals surface area contributed by atoms with Crippen molar-refractivity contribution < 1.29 is 0 Å². The number of fused-ring (bicyclic) bond motifs is 1. The van der Waals surface area contributed by atoms with Crippen molar-refractivity contribution in [2.45, 2.75) is 26.4 Å². The molecule has 1 aromatic heterocycles. The molecule has 0 spiro atoms. The van der Waals surface area contributed by atoms with Crippen LogP contribution in [0.2, 0.25) is 0 Å². The zero-order valence-electron chi connectivity index (χ0n) is 9.92. The standard InChI is InChI=1S/C13H17BrN2/c1-4-16-8-10(9(2)15-3)13-11(14)6-5-7-12(13)16/h5-9,15H,4H2,1-3H3. The fourth-order valence-corrected chi connectivity index (χ4v) is 2.67. The van der Waals surface area contributed by atoms with Gasteiger partial charge in [-0.25, -0.2) is 0 Å². The molecule has 0 radical (unpaired) electrons. The summed E-state index contributed by atoms with van der Waals surface area (Å²) in [7, 11) is 2.00. The molecule has 0 fully saturated rings. The van der Waals surface area contributed by atoms with E-state index in [4.69, 9.17) is 0 Å². The van der Waals surface area contributed by atoms with Crippen LogP contribution < -0.4 is 5.32 Å². The van der Waals surface area contributed by atoms with Gasteiger partial charge in [0.15, 0.2) is 0 Å². The van der Waals surface area contributed by atoms with Crippen molar-refractivity contribution in [3.8, 4) is 0 Å². The summed E-state index contributed by atoms with van der Waals surface area (Å²) < 4.78 is 3.47. The normalized spacial score (nSPS) is 13.2. The van der Waals surface area contributed by atoms with E-state index in [1.54, 1.807) is 0 Å². The lowest BCUT2D eigenvalue weighted by atomic mass is 10.1. The van der Waals surface area contributed by atoms with Gasteiger partial charge in [0.05, 0.1) is 0 Å². The second-order valence-electron chi connectivity index (χ2n) is 4.01. The maximum Gasteiger partial charge on any atom is 0.0495 e. The Morgan fingerprint density at radius 3 is 2.81 bits per heavy atom. The van der Waals surface area contributed by atoms with E-state index in [2.05, 4.69) is 64.1 Å². The van der Waals surface area contributed by atoms with Crippen LogP contribution in [0.25, 0.3) is 10.9 Å². The largest absolute Gasteiger partial charge is 0.347 e. The van der Waals surface area contributed by atoms with E-state index in [0.29, 0.717) is 6.04 Å². The van der Waals surface area contributed by atoms with Gasteiger partial charge in [-0.05, 0) is 38.6 Å². The summed E-state index contributed by atoms with van der Waals surface area (Å²) in [4.78, 5) is 0. The van der Waals surface area contributed by atoms with Gasteiger partial charge >= 0.3 is 0 Å². The number of hydrogen-bond acceptors (Lipinski definition) is 1. The molecule has 1 atom stereocenters. The zero-order chi connectivity index (χ0) is 11.7. The predicted molar refractivity (Wildman–Crippen MR) is 72.8 cm³/mol. The fourth-order valence-electron chi connectivity index (χ4n) is 2.09. The highest BCUT2D eigenvalue weighted by molar-refractivity contribution is 9.10. The average Bonchev–Trinajstić information content (AvgIpc) is 2.68. The average molecular weight is 281 g/mol. The molecule has 1 aromatic carbocycles. The van der Waals surface area contributed by atoms with E-state index in [1.807, 2.05) is 7.05 Å². The molecule has 86 valence electrons. The minimum absolute atomic E-state index is 0.369. The van der Waals surface area contributed by atoms with Gasteiger partial charge in [-0.15, -0.1) is 0 Å². The van der Waals surface area contributed by atoms with E-state index < -0.39 is 0 Å². The summed E-state index contributed by atoms with van der Waals surface area (Å²) in [6.07, 6.45) is 2.25. The minimum atomic E-state index is 0.369. The third-order valence-corrected chi connectivity index (χ3v) is 3.79. The summed E-state index contributed by atoms with van der Waals surface area (Å²) in [5.41, 5.74) is 2.65. The van der Waals surface area contributed by atoms with Gasteiger partial charge in [-0.2, -0.15) is 0 Å². The Morgan fingerprint density at radius 2 is 2.19 bits per heavy atom. The molecular weight excluding hydrogens is 264 g/mol. The molecule has 0 saturated carbocycles. The monoisotopic (exact) mass is 280 g/mol. The number of aromatic nitrogens is 1. The Hall–Kier alpha value is -0.800. The SMILES string of the molecule is CCn1cc(C(C)NC)c2c(Br)cccc21. The fraction of sp³-hybridized carbons (Fsp3) is 0.385. The van der Waals surface area contributed by atoms with Crippen LogP contribution in [0.1, 0.15) is 25.5 Å². The molecule has 0 amide bonds. The maximum absolute atomic E-state index is 3.65. The summed E-state index contributed by atoms with van der Waals surface area (Å²) in [6.45, 7) is 5.37. The van der Waals surface area contributed by atoms with Crippen LogP contribution >= 0.6 is 15.9 Å². The smallest absolute Gasteiger partial charge is 0.0495 e. The van der Waals surface area contributed by atoms with Gasteiger partial charge in [0.25, 0.3) is 0 Å². The van der Waals surface area contributed by atoms with Crippen molar-refractivity contribution in [3.05, 3.63) is 34.4 Å². The molecule has 0 bridgehead atoms. The van der Waals surface area contributed by atoms with Gasteiger partial charge in [0.1, 0.15) is 0 Å². The molecule has 3 heteroatoms. The lowest BCUT2D eigenvalue weighted by molar-refractivity contribution is 0.651. The van der Waals surface area contributed by atoms with Gasteiger partial charge < -0.3 is 9.88 Å². The third-order valence-electron chi connectivity index (χ3n) is 3.12. The van der Waals surface area contributed by atoms with Crippen molar-refractivity contribution in [1.29, 1.82) is 0 Å². The molecule has 0 aliphatic heterocycles. The van der Waals surface area contributed by atoms with Crippen LogP contribution in [0.4, 0.5) is 0 Å². The highest BCUT2D eigenvalue weighted by Crippen LogP contribution is 2.32. The molecule has 16 heavy (non-hydrogen) atoms. The summed E-state index contributed by atoms with van der Waals surface area (Å²) in [5.74, 6) is 0. The van der Waals surface area contributed by atoms with Crippen LogP contribution in [0, 0.1) is 0 Å². The Bertz CT molecular complexity index is 502. The van der Waals surface area contributed by atoms with E-state index in [0.717, 1.165) is 6.54 Å². The van der Waals surface area contributed by atoms with Crippen molar-refractivity contribution in [3.63, 3.8) is 0 Å². The summed E-state index contributed by atoms with van der Waals surface area (Å²) in [6, 6.07) is 6.74. The van der Waals surface area contributed by atoms with Crippen molar-refractivity contribution in [2.75, 3.05) is 7.05 Å². The maximum atomic E-state index is 3.65. The Kier molecular flexibility index (Phi) is 3.36. The molecule has 0 aliphatic rings.